The fourth-order valence-corrected chi connectivity index (χ4v) is 2.59. The molecule has 1 unspecified atom stereocenters. The van der Waals surface area contributed by atoms with E-state index in [9.17, 15) is 9.59 Å². The third kappa shape index (κ3) is 3.31. The third-order valence-electron chi connectivity index (χ3n) is 3.36. The van der Waals surface area contributed by atoms with E-state index in [1.54, 1.807) is 11.0 Å². The molecule has 108 valence electrons. The number of nitrogens with one attached hydrogen (secondary N) is 1. The minimum atomic E-state index is -0.388. The molecule has 0 aliphatic carbocycles. The van der Waals surface area contributed by atoms with Crippen LogP contribution in [0.2, 0.25) is 5.02 Å². The molecule has 1 heterocycles. The summed E-state index contributed by atoms with van der Waals surface area (Å²) in [4.78, 5) is 25.8. The van der Waals surface area contributed by atoms with E-state index in [4.69, 9.17) is 11.6 Å². The van der Waals surface area contributed by atoms with Gasteiger partial charge in [-0.2, -0.15) is 0 Å². The van der Waals surface area contributed by atoms with Crippen molar-refractivity contribution >= 4 is 23.4 Å². The molecule has 0 radical (unpaired) electrons. The van der Waals surface area contributed by atoms with Crippen molar-refractivity contribution in [2.75, 3.05) is 0 Å². The van der Waals surface area contributed by atoms with Gasteiger partial charge in [0.15, 0.2) is 0 Å². The van der Waals surface area contributed by atoms with E-state index in [1.807, 2.05) is 32.0 Å². The van der Waals surface area contributed by atoms with Gasteiger partial charge in [-0.1, -0.05) is 29.8 Å². The van der Waals surface area contributed by atoms with E-state index in [1.165, 1.54) is 0 Å². The Labute approximate surface area is 124 Å². The lowest BCUT2D eigenvalue weighted by molar-refractivity contribution is -0.136. The van der Waals surface area contributed by atoms with Crippen molar-refractivity contribution in [2.24, 2.45) is 0 Å². The monoisotopic (exact) mass is 294 g/mol. The lowest BCUT2D eigenvalue weighted by Crippen LogP contribution is -2.46. The molecule has 20 heavy (non-hydrogen) atoms. The minimum absolute atomic E-state index is 0.00817. The van der Waals surface area contributed by atoms with Crippen LogP contribution in [-0.4, -0.2) is 28.8 Å². The fraction of sp³-hybridized carbons (Fsp3) is 0.467. The molecule has 0 spiro atoms. The minimum Gasteiger partial charge on any atom is -0.352 e. The first-order chi connectivity index (χ1) is 9.49. The molecule has 0 bridgehead atoms. The first-order valence-corrected chi connectivity index (χ1v) is 7.20. The van der Waals surface area contributed by atoms with Gasteiger partial charge >= 0.3 is 0 Å². The van der Waals surface area contributed by atoms with Crippen LogP contribution < -0.4 is 5.32 Å². The Morgan fingerprint density at radius 1 is 1.45 bits per heavy atom. The van der Waals surface area contributed by atoms with E-state index in [-0.39, 0.29) is 23.9 Å². The molecule has 5 heteroatoms. The Kier molecular flexibility index (Phi) is 4.65. The molecule has 1 aliphatic heterocycles. The third-order valence-corrected chi connectivity index (χ3v) is 3.73. The van der Waals surface area contributed by atoms with Gasteiger partial charge in [0.1, 0.15) is 6.04 Å². The summed E-state index contributed by atoms with van der Waals surface area (Å²) in [7, 11) is 0. The highest BCUT2D eigenvalue weighted by Gasteiger charge is 2.36. The van der Waals surface area contributed by atoms with E-state index in [0.717, 1.165) is 5.56 Å². The van der Waals surface area contributed by atoms with Crippen LogP contribution in [0.15, 0.2) is 24.3 Å². The van der Waals surface area contributed by atoms with Gasteiger partial charge in [-0.15, -0.1) is 0 Å². The Morgan fingerprint density at radius 2 is 2.15 bits per heavy atom. The summed E-state index contributed by atoms with van der Waals surface area (Å²) < 4.78 is 0. The Bertz CT molecular complexity index is 516. The second-order valence-corrected chi connectivity index (χ2v) is 5.74. The van der Waals surface area contributed by atoms with E-state index < -0.39 is 0 Å². The molecule has 1 saturated heterocycles. The van der Waals surface area contributed by atoms with E-state index >= 15 is 0 Å². The van der Waals surface area contributed by atoms with Crippen LogP contribution in [0.3, 0.4) is 0 Å². The molecule has 1 aromatic rings. The molecule has 1 fully saturated rings. The summed E-state index contributed by atoms with van der Waals surface area (Å²) in [5.74, 6) is -0.0771. The summed E-state index contributed by atoms with van der Waals surface area (Å²) in [6.07, 6.45) is 0.989. The topological polar surface area (TPSA) is 49.4 Å². The van der Waals surface area contributed by atoms with Gasteiger partial charge in [0.25, 0.3) is 0 Å². The predicted molar refractivity (Wildman–Crippen MR) is 78.3 cm³/mol. The smallest absolute Gasteiger partial charge is 0.243 e. The number of amides is 2. The number of benzene rings is 1. The number of hydrogen-bond donors (Lipinski definition) is 1. The molecular weight excluding hydrogens is 276 g/mol. The molecule has 1 aliphatic rings. The highest BCUT2D eigenvalue weighted by Crippen LogP contribution is 2.24. The van der Waals surface area contributed by atoms with Crippen molar-refractivity contribution in [2.45, 2.75) is 45.3 Å². The van der Waals surface area contributed by atoms with Crippen molar-refractivity contribution < 1.29 is 9.59 Å². The molecule has 2 rings (SSSR count). The van der Waals surface area contributed by atoms with E-state index in [0.29, 0.717) is 24.4 Å². The fourth-order valence-electron chi connectivity index (χ4n) is 2.40. The van der Waals surface area contributed by atoms with Crippen LogP contribution in [0, 0.1) is 0 Å². The van der Waals surface area contributed by atoms with Crippen LogP contribution in [0.25, 0.3) is 0 Å². The largest absolute Gasteiger partial charge is 0.352 e. The van der Waals surface area contributed by atoms with Crippen LogP contribution in [-0.2, 0) is 16.1 Å². The summed E-state index contributed by atoms with van der Waals surface area (Å²) in [5.41, 5.74) is 0.867. The van der Waals surface area contributed by atoms with Crippen LogP contribution in [0.4, 0.5) is 0 Å². The zero-order valence-corrected chi connectivity index (χ0v) is 12.5. The standard InChI is InChI=1S/C15H19ClN2O2/c1-10(2)17-15(20)13-7-8-14(19)18(13)9-11-5-3-4-6-12(11)16/h3-6,10,13H,7-9H2,1-2H3,(H,17,20). The maximum absolute atomic E-state index is 12.1. The van der Waals surface area contributed by atoms with Crippen molar-refractivity contribution in [1.82, 2.24) is 10.2 Å². The lowest BCUT2D eigenvalue weighted by atomic mass is 10.1. The van der Waals surface area contributed by atoms with Gasteiger partial charge in [0, 0.05) is 24.0 Å². The predicted octanol–water partition coefficient (Wildman–Crippen LogP) is 2.36. The quantitative estimate of drug-likeness (QED) is 0.927. The summed E-state index contributed by atoms with van der Waals surface area (Å²) >= 11 is 6.12. The normalized spacial score (nSPS) is 18.7. The Hall–Kier alpha value is -1.55. The Balaban J connectivity index is 2.13. The molecule has 0 aromatic heterocycles. The van der Waals surface area contributed by atoms with Gasteiger partial charge in [0.2, 0.25) is 11.8 Å². The molecule has 1 aromatic carbocycles. The van der Waals surface area contributed by atoms with Gasteiger partial charge in [-0.3, -0.25) is 9.59 Å². The second kappa shape index (κ2) is 6.27. The van der Waals surface area contributed by atoms with Crippen molar-refractivity contribution in [1.29, 1.82) is 0 Å². The molecule has 1 N–H and O–H groups in total. The van der Waals surface area contributed by atoms with Crippen LogP contribution >= 0.6 is 11.6 Å². The molecule has 1 atom stereocenters. The van der Waals surface area contributed by atoms with Crippen molar-refractivity contribution in [3.8, 4) is 0 Å². The number of carbonyl (C=O) groups is 2. The first kappa shape index (κ1) is 14.9. The number of carbonyl (C=O) groups excluding carboxylic acids is 2. The number of rotatable bonds is 4. The van der Waals surface area contributed by atoms with Gasteiger partial charge in [-0.05, 0) is 31.9 Å². The average Bonchev–Trinajstić information content (AvgIpc) is 2.73. The van der Waals surface area contributed by atoms with E-state index in [2.05, 4.69) is 5.32 Å². The summed E-state index contributed by atoms with van der Waals surface area (Å²) in [6, 6.07) is 7.08. The summed E-state index contributed by atoms with van der Waals surface area (Å²) in [6.45, 7) is 4.20. The SMILES string of the molecule is CC(C)NC(=O)C1CCC(=O)N1Cc1ccccc1Cl. The highest BCUT2D eigenvalue weighted by atomic mass is 35.5. The van der Waals surface area contributed by atoms with Crippen LogP contribution in [0.5, 0.6) is 0 Å². The molecule has 4 nitrogen and oxygen atoms in total. The van der Waals surface area contributed by atoms with Crippen LogP contribution in [0.1, 0.15) is 32.3 Å². The maximum Gasteiger partial charge on any atom is 0.243 e. The second-order valence-electron chi connectivity index (χ2n) is 5.33. The zero-order chi connectivity index (χ0) is 14.7. The number of nitrogens with zero attached hydrogens (tertiary/aromatic N) is 1. The maximum atomic E-state index is 12.1. The number of likely N-dealkylation sites (tertiary alicyclic amines) is 1. The molecular formula is C15H19ClN2O2. The van der Waals surface area contributed by atoms with Gasteiger partial charge in [-0.25, -0.2) is 0 Å². The highest BCUT2D eigenvalue weighted by molar-refractivity contribution is 6.31. The zero-order valence-electron chi connectivity index (χ0n) is 11.7. The molecule has 2 amide bonds. The Morgan fingerprint density at radius 3 is 2.80 bits per heavy atom. The summed E-state index contributed by atoms with van der Waals surface area (Å²) in [5, 5.41) is 3.49. The van der Waals surface area contributed by atoms with Gasteiger partial charge in [0.05, 0.1) is 0 Å². The number of halogens is 1. The average molecular weight is 295 g/mol. The van der Waals surface area contributed by atoms with Gasteiger partial charge < -0.3 is 10.2 Å². The van der Waals surface area contributed by atoms with Crippen molar-refractivity contribution in [3.05, 3.63) is 34.9 Å². The van der Waals surface area contributed by atoms with Crippen molar-refractivity contribution in [3.63, 3.8) is 0 Å². The number of hydrogen-bond acceptors (Lipinski definition) is 2. The lowest BCUT2D eigenvalue weighted by Gasteiger charge is -2.25. The molecule has 0 saturated carbocycles. The first-order valence-electron chi connectivity index (χ1n) is 6.82.